The molecule has 0 radical (unpaired) electrons. The molecule has 0 spiro atoms. The minimum Gasteiger partial charge on any atom is -0.133 e. The van der Waals surface area contributed by atoms with Gasteiger partial charge in [-0.05, 0) is 18.4 Å². The van der Waals surface area contributed by atoms with Crippen molar-refractivity contribution in [1.82, 2.24) is 0 Å². The molecule has 0 heterocycles. The molecule has 0 fully saturated rings. The van der Waals surface area contributed by atoms with Crippen LogP contribution in [0.1, 0.15) is 78.1 Å². The van der Waals surface area contributed by atoms with Crippen LogP contribution in [0.15, 0.2) is 18.4 Å². The fourth-order valence-corrected chi connectivity index (χ4v) is 2.06. The summed E-state index contributed by atoms with van der Waals surface area (Å²) in [5.74, 6) is 0.669. The van der Waals surface area contributed by atoms with Gasteiger partial charge in [0.05, 0.1) is 0 Å². The zero-order valence-electron chi connectivity index (χ0n) is 11.4. The minimum absolute atomic E-state index is 0.669. The van der Waals surface area contributed by atoms with Crippen molar-refractivity contribution < 1.29 is 0 Å². The highest BCUT2D eigenvalue weighted by atomic mass is 14.0. The van der Waals surface area contributed by atoms with E-state index in [0.29, 0.717) is 5.92 Å². The third kappa shape index (κ3) is 11.6. The lowest BCUT2D eigenvalue weighted by Gasteiger charge is -2.05. The Morgan fingerprint density at radius 1 is 0.938 bits per heavy atom. The summed E-state index contributed by atoms with van der Waals surface area (Å²) in [5.41, 5.74) is 2.87. The number of rotatable bonds is 11. The molecular weight excluding hydrogens is 192 g/mol. The first-order valence-corrected chi connectivity index (χ1v) is 7.17. The molecule has 0 aliphatic carbocycles. The van der Waals surface area contributed by atoms with Gasteiger partial charge in [-0.25, -0.2) is 0 Å². The van der Waals surface area contributed by atoms with E-state index >= 15 is 0 Å². The van der Waals surface area contributed by atoms with Crippen molar-refractivity contribution in [2.24, 2.45) is 5.92 Å². The van der Waals surface area contributed by atoms with Gasteiger partial charge < -0.3 is 0 Å². The topological polar surface area (TPSA) is 0 Å². The van der Waals surface area contributed by atoms with E-state index in [-0.39, 0.29) is 0 Å². The first-order chi connectivity index (χ1) is 7.81. The summed E-state index contributed by atoms with van der Waals surface area (Å²) < 4.78 is 0. The van der Waals surface area contributed by atoms with Crippen LogP contribution < -0.4 is 0 Å². The Hall–Kier alpha value is -0.480. The van der Waals surface area contributed by atoms with Gasteiger partial charge >= 0.3 is 0 Å². The molecule has 0 N–H and O–H groups in total. The van der Waals surface area contributed by atoms with Gasteiger partial charge in [0.2, 0.25) is 0 Å². The van der Waals surface area contributed by atoms with Gasteiger partial charge in [0.25, 0.3) is 0 Å². The Kier molecular flexibility index (Phi) is 12.2. The van der Waals surface area contributed by atoms with Crippen molar-refractivity contribution in [2.75, 3.05) is 0 Å². The van der Waals surface area contributed by atoms with Gasteiger partial charge in [-0.3, -0.25) is 0 Å². The predicted molar refractivity (Wildman–Crippen MR) is 74.7 cm³/mol. The van der Waals surface area contributed by atoms with Crippen LogP contribution in [0.4, 0.5) is 0 Å². The van der Waals surface area contributed by atoms with Crippen molar-refractivity contribution in [3.05, 3.63) is 18.4 Å². The maximum absolute atomic E-state index is 3.61. The second-order valence-corrected chi connectivity index (χ2v) is 4.97. The highest BCUT2D eigenvalue weighted by Crippen LogP contribution is 2.13. The Morgan fingerprint density at radius 2 is 1.44 bits per heavy atom. The Balaban J connectivity index is 3.06. The van der Waals surface area contributed by atoms with Crippen molar-refractivity contribution in [1.29, 1.82) is 0 Å². The molecule has 0 bridgehead atoms. The van der Waals surface area contributed by atoms with E-state index < -0.39 is 0 Å². The summed E-state index contributed by atoms with van der Waals surface area (Å²) in [6, 6.07) is 0. The lowest BCUT2D eigenvalue weighted by atomic mass is 10.0. The number of allylic oxidation sites excluding steroid dienone is 1. The smallest absolute Gasteiger partial charge is 0.0186 e. The minimum atomic E-state index is 0.669. The average Bonchev–Trinajstić information content (AvgIpc) is 2.27. The van der Waals surface area contributed by atoms with Crippen LogP contribution in [0.3, 0.4) is 0 Å². The van der Waals surface area contributed by atoms with Crippen LogP contribution in [0, 0.1) is 5.92 Å². The molecular formula is C16H30. The average molecular weight is 222 g/mol. The molecule has 0 aromatic heterocycles. The normalized spacial score (nSPS) is 12.1. The van der Waals surface area contributed by atoms with Gasteiger partial charge in [-0.2, -0.15) is 0 Å². The third-order valence-corrected chi connectivity index (χ3v) is 3.17. The molecule has 0 nitrogen and oxygen atoms in total. The fraction of sp³-hybridized carbons (Fsp3) is 0.812. The summed E-state index contributed by atoms with van der Waals surface area (Å²) in [6.45, 7) is 8.14. The second-order valence-electron chi connectivity index (χ2n) is 4.97. The largest absolute Gasteiger partial charge is 0.133 e. The summed E-state index contributed by atoms with van der Waals surface area (Å²) in [6.07, 6.45) is 16.1. The van der Waals surface area contributed by atoms with Gasteiger partial charge in [-0.15, -0.1) is 5.73 Å². The van der Waals surface area contributed by atoms with Crippen LogP contribution in [-0.2, 0) is 0 Å². The molecule has 1 atom stereocenters. The molecule has 0 saturated heterocycles. The zero-order valence-corrected chi connectivity index (χ0v) is 11.4. The predicted octanol–water partition coefficient (Wildman–Crippen LogP) is 5.88. The SMILES string of the molecule is C=C=CC(C)CCCCCCCCCCC. The van der Waals surface area contributed by atoms with E-state index in [4.69, 9.17) is 0 Å². The van der Waals surface area contributed by atoms with Crippen LogP contribution in [-0.4, -0.2) is 0 Å². The summed E-state index contributed by atoms with van der Waals surface area (Å²) >= 11 is 0. The third-order valence-electron chi connectivity index (χ3n) is 3.17. The first kappa shape index (κ1) is 15.5. The maximum Gasteiger partial charge on any atom is -0.0186 e. The number of hydrogen-bond acceptors (Lipinski definition) is 0. The van der Waals surface area contributed by atoms with Gasteiger partial charge in [0.1, 0.15) is 0 Å². The molecule has 0 aromatic carbocycles. The van der Waals surface area contributed by atoms with E-state index in [1.165, 1.54) is 64.2 Å². The Bertz CT molecular complexity index is 174. The van der Waals surface area contributed by atoms with Crippen molar-refractivity contribution >= 4 is 0 Å². The Labute approximate surface area is 103 Å². The van der Waals surface area contributed by atoms with Gasteiger partial charge in [0.15, 0.2) is 0 Å². The molecule has 0 aliphatic heterocycles. The van der Waals surface area contributed by atoms with Crippen LogP contribution in [0.25, 0.3) is 0 Å². The van der Waals surface area contributed by atoms with Gasteiger partial charge in [0, 0.05) is 0 Å². The molecule has 1 unspecified atom stereocenters. The molecule has 0 saturated carbocycles. The fourth-order valence-electron chi connectivity index (χ4n) is 2.06. The summed E-state index contributed by atoms with van der Waals surface area (Å²) in [4.78, 5) is 0. The molecule has 0 aliphatic rings. The first-order valence-electron chi connectivity index (χ1n) is 7.17. The Morgan fingerprint density at radius 3 is 1.94 bits per heavy atom. The number of unbranched alkanes of at least 4 members (excludes halogenated alkanes) is 8. The van der Waals surface area contributed by atoms with E-state index in [9.17, 15) is 0 Å². The molecule has 0 rings (SSSR count). The van der Waals surface area contributed by atoms with Crippen molar-refractivity contribution in [3.63, 3.8) is 0 Å². The quantitative estimate of drug-likeness (QED) is 0.302. The monoisotopic (exact) mass is 222 g/mol. The van der Waals surface area contributed by atoms with Crippen LogP contribution in [0.5, 0.6) is 0 Å². The highest BCUT2D eigenvalue weighted by Gasteiger charge is 1.96. The molecule has 0 aromatic rings. The molecule has 0 heteroatoms. The van der Waals surface area contributed by atoms with Gasteiger partial charge in [-0.1, -0.05) is 78.2 Å². The van der Waals surface area contributed by atoms with E-state index in [2.05, 4.69) is 32.2 Å². The van der Waals surface area contributed by atoms with Crippen molar-refractivity contribution in [2.45, 2.75) is 78.1 Å². The molecule has 16 heavy (non-hydrogen) atoms. The second kappa shape index (κ2) is 12.6. The van der Waals surface area contributed by atoms with E-state index in [0.717, 1.165) is 0 Å². The maximum atomic E-state index is 3.61. The van der Waals surface area contributed by atoms with Crippen LogP contribution in [0.2, 0.25) is 0 Å². The number of hydrogen-bond donors (Lipinski definition) is 0. The van der Waals surface area contributed by atoms with Crippen LogP contribution >= 0.6 is 0 Å². The highest BCUT2D eigenvalue weighted by molar-refractivity contribution is 4.81. The molecule has 0 amide bonds. The lowest BCUT2D eigenvalue weighted by molar-refractivity contribution is 0.529. The molecule has 94 valence electrons. The van der Waals surface area contributed by atoms with E-state index in [1.807, 2.05) is 0 Å². The zero-order chi connectivity index (χ0) is 12.1. The lowest BCUT2D eigenvalue weighted by Crippen LogP contribution is -1.89. The van der Waals surface area contributed by atoms with Crippen molar-refractivity contribution in [3.8, 4) is 0 Å². The van der Waals surface area contributed by atoms with E-state index in [1.54, 1.807) is 0 Å². The summed E-state index contributed by atoms with van der Waals surface area (Å²) in [5, 5.41) is 0. The standard InChI is InChI=1S/C16H30/c1-4-6-7-8-9-10-11-12-13-15-16(3)14-5-2/h14,16H,2,4,6-13,15H2,1,3H3. The summed E-state index contributed by atoms with van der Waals surface area (Å²) in [7, 11) is 0.